The molecule has 0 aliphatic heterocycles. The number of rotatable bonds is 8. The quantitative estimate of drug-likeness (QED) is 0.566. The average molecular weight is 286 g/mol. The summed E-state index contributed by atoms with van der Waals surface area (Å²) in [6.45, 7) is 2.50. The van der Waals surface area contributed by atoms with E-state index in [1.807, 2.05) is 0 Å². The van der Waals surface area contributed by atoms with Gasteiger partial charge in [0.1, 0.15) is 5.82 Å². The van der Waals surface area contributed by atoms with E-state index in [0.29, 0.717) is 37.2 Å². The SMILES string of the molecule is COCCOCCCNC(=S)Nc1ccccc1F. The third-order valence-electron chi connectivity index (χ3n) is 2.30. The lowest BCUT2D eigenvalue weighted by Crippen LogP contribution is -2.30. The van der Waals surface area contributed by atoms with Crippen molar-refractivity contribution in [2.24, 2.45) is 0 Å². The number of ether oxygens (including phenoxy) is 2. The van der Waals surface area contributed by atoms with E-state index in [1.165, 1.54) is 6.07 Å². The van der Waals surface area contributed by atoms with Crippen molar-refractivity contribution in [1.82, 2.24) is 5.32 Å². The first-order valence-electron chi connectivity index (χ1n) is 6.10. The Hall–Kier alpha value is -1.24. The zero-order chi connectivity index (χ0) is 13.9. The Morgan fingerprint density at radius 2 is 2.05 bits per heavy atom. The van der Waals surface area contributed by atoms with Crippen LogP contribution in [0.3, 0.4) is 0 Å². The molecule has 0 aromatic heterocycles. The van der Waals surface area contributed by atoms with Crippen LogP contribution in [0, 0.1) is 5.82 Å². The fourth-order valence-corrected chi connectivity index (χ4v) is 1.56. The number of hydrogen-bond donors (Lipinski definition) is 2. The first kappa shape index (κ1) is 15.8. The zero-order valence-electron chi connectivity index (χ0n) is 10.9. The van der Waals surface area contributed by atoms with Crippen molar-refractivity contribution in [3.63, 3.8) is 0 Å². The summed E-state index contributed by atoms with van der Waals surface area (Å²) in [5.74, 6) is -0.324. The predicted octanol–water partition coefficient (Wildman–Crippen LogP) is 2.17. The van der Waals surface area contributed by atoms with E-state index in [1.54, 1.807) is 25.3 Å². The summed E-state index contributed by atoms with van der Waals surface area (Å²) in [6.07, 6.45) is 0.822. The highest BCUT2D eigenvalue weighted by Crippen LogP contribution is 2.11. The average Bonchev–Trinajstić information content (AvgIpc) is 2.40. The Labute approximate surface area is 118 Å². The molecule has 0 aliphatic carbocycles. The highest BCUT2D eigenvalue weighted by atomic mass is 32.1. The van der Waals surface area contributed by atoms with Crippen molar-refractivity contribution in [2.45, 2.75) is 6.42 Å². The molecule has 0 unspecified atom stereocenters. The van der Waals surface area contributed by atoms with E-state index in [0.717, 1.165) is 6.42 Å². The molecular weight excluding hydrogens is 267 g/mol. The Balaban J connectivity index is 2.10. The van der Waals surface area contributed by atoms with Gasteiger partial charge in [-0.2, -0.15) is 0 Å². The first-order valence-corrected chi connectivity index (χ1v) is 6.51. The van der Waals surface area contributed by atoms with Crippen LogP contribution >= 0.6 is 12.2 Å². The summed E-state index contributed by atoms with van der Waals surface area (Å²) in [4.78, 5) is 0. The van der Waals surface area contributed by atoms with Crippen LogP contribution in [0.5, 0.6) is 0 Å². The minimum absolute atomic E-state index is 0.324. The molecule has 0 saturated carbocycles. The number of thiocarbonyl (C=S) groups is 1. The van der Waals surface area contributed by atoms with Crippen LogP contribution in [0.25, 0.3) is 0 Å². The molecule has 1 aromatic rings. The second-order valence-electron chi connectivity index (χ2n) is 3.82. The molecule has 106 valence electrons. The number of halogens is 1. The molecule has 0 fully saturated rings. The second-order valence-corrected chi connectivity index (χ2v) is 4.23. The molecule has 0 radical (unpaired) electrons. The first-order chi connectivity index (χ1) is 9.24. The highest BCUT2D eigenvalue weighted by Gasteiger charge is 2.01. The Kier molecular flexibility index (Phi) is 8.04. The van der Waals surface area contributed by atoms with Crippen LogP contribution in [0.1, 0.15) is 6.42 Å². The molecule has 0 amide bonds. The smallest absolute Gasteiger partial charge is 0.170 e. The molecule has 1 aromatic carbocycles. The van der Waals surface area contributed by atoms with Gasteiger partial charge in [0.15, 0.2) is 5.11 Å². The summed E-state index contributed by atoms with van der Waals surface area (Å²) < 4.78 is 23.5. The van der Waals surface area contributed by atoms with Crippen molar-refractivity contribution in [3.8, 4) is 0 Å². The molecule has 4 nitrogen and oxygen atoms in total. The Morgan fingerprint density at radius 1 is 1.26 bits per heavy atom. The fraction of sp³-hybridized carbons (Fsp3) is 0.462. The van der Waals surface area contributed by atoms with E-state index < -0.39 is 0 Å². The molecule has 0 spiro atoms. The summed E-state index contributed by atoms with van der Waals surface area (Å²) in [7, 11) is 1.64. The van der Waals surface area contributed by atoms with Crippen LogP contribution in [0.4, 0.5) is 10.1 Å². The largest absolute Gasteiger partial charge is 0.382 e. The summed E-state index contributed by atoms with van der Waals surface area (Å²) in [5, 5.41) is 6.20. The molecule has 0 saturated heterocycles. The van der Waals surface area contributed by atoms with Crippen molar-refractivity contribution >= 4 is 23.0 Å². The summed E-state index contributed by atoms with van der Waals surface area (Å²) in [5.41, 5.74) is 0.372. The Bertz CT molecular complexity index is 391. The summed E-state index contributed by atoms with van der Waals surface area (Å²) >= 11 is 5.07. The fourth-order valence-electron chi connectivity index (χ4n) is 1.35. The summed E-state index contributed by atoms with van der Waals surface area (Å²) in [6, 6.07) is 6.40. The molecule has 1 rings (SSSR count). The zero-order valence-corrected chi connectivity index (χ0v) is 11.8. The molecule has 0 bridgehead atoms. The van der Waals surface area contributed by atoms with E-state index in [2.05, 4.69) is 10.6 Å². The van der Waals surface area contributed by atoms with Crippen molar-refractivity contribution in [1.29, 1.82) is 0 Å². The normalized spacial score (nSPS) is 10.2. The lowest BCUT2D eigenvalue weighted by Gasteiger charge is -2.11. The van der Waals surface area contributed by atoms with E-state index in [9.17, 15) is 4.39 Å². The molecule has 6 heteroatoms. The van der Waals surface area contributed by atoms with Crippen LogP contribution in [-0.4, -0.2) is 38.6 Å². The van der Waals surface area contributed by atoms with Gasteiger partial charge in [0.2, 0.25) is 0 Å². The van der Waals surface area contributed by atoms with Crippen LogP contribution in [0.2, 0.25) is 0 Å². The lowest BCUT2D eigenvalue weighted by molar-refractivity contribution is 0.0699. The number of nitrogens with one attached hydrogen (secondary N) is 2. The number of anilines is 1. The van der Waals surface area contributed by atoms with Gasteiger partial charge in [-0.1, -0.05) is 12.1 Å². The standard InChI is InChI=1S/C13H19FN2O2S/c1-17-9-10-18-8-4-7-15-13(19)16-12-6-3-2-5-11(12)14/h2-3,5-6H,4,7-10H2,1H3,(H2,15,16,19). The van der Waals surface area contributed by atoms with Crippen molar-refractivity contribution in [3.05, 3.63) is 30.1 Å². The molecule has 2 N–H and O–H groups in total. The van der Waals surface area contributed by atoms with Gasteiger partial charge in [0.25, 0.3) is 0 Å². The van der Waals surface area contributed by atoms with Crippen LogP contribution in [0.15, 0.2) is 24.3 Å². The van der Waals surface area contributed by atoms with Gasteiger partial charge in [-0.05, 0) is 30.8 Å². The number of para-hydroxylation sites is 1. The second kappa shape index (κ2) is 9.66. The molecule has 0 aliphatic rings. The van der Waals surface area contributed by atoms with Gasteiger partial charge >= 0.3 is 0 Å². The highest BCUT2D eigenvalue weighted by molar-refractivity contribution is 7.80. The van der Waals surface area contributed by atoms with Gasteiger partial charge in [-0.25, -0.2) is 4.39 Å². The maximum atomic E-state index is 13.3. The topological polar surface area (TPSA) is 42.5 Å². The third kappa shape index (κ3) is 7.05. The molecule has 0 atom stereocenters. The number of hydrogen-bond acceptors (Lipinski definition) is 3. The maximum absolute atomic E-state index is 13.3. The van der Waals surface area contributed by atoms with E-state index in [-0.39, 0.29) is 5.82 Å². The van der Waals surface area contributed by atoms with Gasteiger partial charge < -0.3 is 20.1 Å². The van der Waals surface area contributed by atoms with E-state index >= 15 is 0 Å². The minimum Gasteiger partial charge on any atom is -0.382 e. The van der Waals surface area contributed by atoms with Gasteiger partial charge in [-0.15, -0.1) is 0 Å². The van der Waals surface area contributed by atoms with Gasteiger partial charge in [0.05, 0.1) is 18.9 Å². The van der Waals surface area contributed by atoms with Crippen LogP contribution < -0.4 is 10.6 Å². The molecular formula is C13H19FN2O2S. The minimum atomic E-state index is -0.324. The van der Waals surface area contributed by atoms with Crippen molar-refractivity contribution in [2.75, 3.05) is 38.8 Å². The van der Waals surface area contributed by atoms with Crippen molar-refractivity contribution < 1.29 is 13.9 Å². The van der Waals surface area contributed by atoms with Gasteiger partial charge in [-0.3, -0.25) is 0 Å². The predicted molar refractivity (Wildman–Crippen MR) is 77.9 cm³/mol. The van der Waals surface area contributed by atoms with Crippen LogP contribution in [-0.2, 0) is 9.47 Å². The lowest BCUT2D eigenvalue weighted by atomic mass is 10.3. The third-order valence-corrected chi connectivity index (χ3v) is 2.55. The number of methoxy groups -OCH3 is 1. The molecule has 19 heavy (non-hydrogen) atoms. The molecule has 0 heterocycles. The van der Waals surface area contributed by atoms with E-state index in [4.69, 9.17) is 21.7 Å². The maximum Gasteiger partial charge on any atom is 0.170 e. The van der Waals surface area contributed by atoms with Gasteiger partial charge in [0, 0.05) is 20.3 Å². The number of benzene rings is 1. The Morgan fingerprint density at radius 3 is 2.79 bits per heavy atom. The monoisotopic (exact) mass is 286 g/mol.